The number of nitrogens with one attached hydrogen (secondary N) is 2. The van der Waals surface area contributed by atoms with E-state index in [9.17, 15) is 13.2 Å². The maximum Gasteiger partial charge on any atom is 0.319 e. The third kappa shape index (κ3) is 6.76. The quantitative estimate of drug-likeness (QED) is 0.501. The molecule has 11 nitrogen and oxygen atoms in total. The van der Waals surface area contributed by atoms with Crippen LogP contribution in [0.5, 0.6) is 0 Å². The summed E-state index contributed by atoms with van der Waals surface area (Å²) in [6, 6.07) is 10.2. The topological polar surface area (TPSA) is 140 Å². The first-order valence-electron chi connectivity index (χ1n) is 11.1. The molecule has 1 fully saturated rings. The number of anilines is 2. The van der Waals surface area contributed by atoms with Crippen LogP contribution in [0.1, 0.15) is 24.1 Å². The number of carbonyl (C=O) groups is 1. The van der Waals surface area contributed by atoms with Crippen LogP contribution in [-0.4, -0.2) is 61.6 Å². The summed E-state index contributed by atoms with van der Waals surface area (Å²) in [4.78, 5) is 23.5. The second-order valence-electron chi connectivity index (χ2n) is 8.54. The van der Waals surface area contributed by atoms with E-state index >= 15 is 0 Å². The van der Waals surface area contributed by atoms with Crippen LogP contribution < -0.4 is 15.5 Å². The number of morpholine rings is 1. The lowest BCUT2D eigenvalue weighted by Gasteiger charge is -2.34. The molecule has 3 heterocycles. The van der Waals surface area contributed by atoms with Crippen LogP contribution >= 0.6 is 0 Å². The van der Waals surface area contributed by atoms with Crippen molar-refractivity contribution in [1.29, 1.82) is 0 Å². The van der Waals surface area contributed by atoms with Gasteiger partial charge in [-0.3, -0.25) is 0 Å². The smallest absolute Gasteiger partial charge is 0.319 e. The summed E-state index contributed by atoms with van der Waals surface area (Å²) in [6.45, 7) is 5.85. The Morgan fingerprint density at radius 3 is 2.60 bits per heavy atom. The number of aryl methyl sites for hydroxylation is 1. The summed E-state index contributed by atoms with van der Waals surface area (Å²) in [6.07, 6.45) is 1.18. The Balaban J connectivity index is 1.51. The van der Waals surface area contributed by atoms with E-state index in [0.29, 0.717) is 59.8 Å². The number of hydrogen-bond donors (Lipinski definition) is 2. The highest BCUT2D eigenvalue weighted by atomic mass is 32.2. The molecule has 1 aliphatic heterocycles. The number of benzene rings is 1. The van der Waals surface area contributed by atoms with Crippen LogP contribution in [0, 0.1) is 6.92 Å². The van der Waals surface area contributed by atoms with Gasteiger partial charge in [-0.15, -0.1) is 0 Å². The normalized spacial score (nSPS) is 16.2. The fourth-order valence-corrected chi connectivity index (χ4v) is 4.40. The Bertz CT molecular complexity index is 1290. The number of urea groups is 1. The van der Waals surface area contributed by atoms with Crippen molar-refractivity contribution in [2.45, 2.75) is 32.2 Å². The zero-order valence-electron chi connectivity index (χ0n) is 19.8. The maximum atomic E-state index is 12.2. The van der Waals surface area contributed by atoms with Crippen molar-refractivity contribution in [3.63, 3.8) is 0 Å². The van der Waals surface area contributed by atoms with Crippen molar-refractivity contribution >= 4 is 27.4 Å². The molecule has 4 rings (SSSR count). The zero-order chi connectivity index (χ0) is 25.0. The average Bonchev–Trinajstić information content (AvgIpc) is 3.22. The van der Waals surface area contributed by atoms with Gasteiger partial charge in [0.05, 0.1) is 37.2 Å². The number of amides is 2. The van der Waals surface area contributed by atoms with Crippen LogP contribution in [0.2, 0.25) is 0 Å². The third-order valence-electron chi connectivity index (χ3n) is 5.35. The Hall–Kier alpha value is -3.51. The van der Waals surface area contributed by atoms with Gasteiger partial charge in [0.2, 0.25) is 0 Å². The SMILES string of the molecule is Cc1cc(CNC(=O)Nc2ccc(-c3nc(CS(C)(=O)=O)cc(N4CCOC[C@@H]4C)n3)cc2)no1. The predicted molar refractivity (Wildman–Crippen MR) is 131 cm³/mol. The Morgan fingerprint density at radius 2 is 1.94 bits per heavy atom. The predicted octanol–water partition coefficient (Wildman–Crippen LogP) is 2.53. The number of hydrogen-bond acceptors (Lipinski definition) is 9. The molecule has 2 N–H and O–H groups in total. The fraction of sp³-hybridized carbons (Fsp3) is 0.391. The van der Waals surface area contributed by atoms with Gasteiger partial charge in [0.1, 0.15) is 17.3 Å². The molecule has 2 aromatic heterocycles. The van der Waals surface area contributed by atoms with Crippen LogP contribution in [0.4, 0.5) is 16.3 Å². The lowest BCUT2D eigenvalue weighted by atomic mass is 10.2. The first-order chi connectivity index (χ1) is 16.7. The van der Waals surface area contributed by atoms with Gasteiger partial charge >= 0.3 is 6.03 Å². The molecule has 1 saturated heterocycles. The fourth-order valence-electron chi connectivity index (χ4n) is 3.72. The molecule has 0 radical (unpaired) electrons. The number of ether oxygens (including phenoxy) is 1. The maximum absolute atomic E-state index is 12.2. The third-order valence-corrected chi connectivity index (χ3v) is 6.17. The van der Waals surface area contributed by atoms with E-state index in [2.05, 4.69) is 25.7 Å². The number of nitrogens with zero attached hydrogens (tertiary/aromatic N) is 4. The number of rotatable bonds is 7. The van der Waals surface area contributed by atoms with Crippen LogP contribution in [-0.2, 0) is 26.9 Å². The zero-order valence-corrected chi connectivity index (χ0v) is 20.6. The summed E-state index contributed by atoms with van der Waals surface area (Å²) in [7, 11) is -3.28. The highest BCUT2D eigenvalue weighted by molar-refractivity contribution is 7.89. The molecule has 1 aliphatic rings. The molecule has 1 atom stereocenters. The van der Waals surface area contributed by atoms with E-state index in [1.54, 1.807) is 43.3 Å². The van der Waals surface area contributed by atoms with Crippen molar-refractivity contribution in [3.8, 4) is 11.4 Å². The van der Waals surface area contributed by atoms with Crippen LogP contribution in [0.25, 0.3) is 11.4 Å². The summed E-state index contributed by atoms with van der Waals surface area (Å²) in [5.41, 5.74) is 2.34. The van der Waals surface area contributed by atoms with Gasteiger partial charge in [-0.1, -0.05) is 5.16 Å². The summed E-state index contributed by atoms with van der Waals surface area (Å²) >= 11 is 0. The van der Waals surface area contributed by atoms with E-state index in [0.717, 1.165) is 0 Å². The second-order valence-corrected chi connectivity index (χ2v) is 10.7. The standard InChI is InChI=1S/C23H28N6O5S/c1-15-13-33-9-8-29(15)21-11-20(14-35(3,31)32)25-22(27-21)17-4-6-18(7-5-17)26-23(30)24-12-19-10-16(2)34-28-19/h4-7,10-11,15H,8-9,12-14H2,1-3H3,(H2,24,26,30)/t15-/m0/s1. The van der Waals surface area contributed by atoms with E-state index in [1.807, 2.05) is 6.92 Å². The molecule has 0 aliphatic carbocycles. The first-order valence-corrected chi connectivity index (χ1v) is 13.2. The van der Waals surface area contributed by atoms with Gasteiger partial charge in [0.25, 0.3) is 0 Å². The summed E-state index contributed by atoms with van der Waals surface area (Å²) < 4.78 is 34.4. The minimum absolute atomic E-state index is 0.101. The van der Waals surface area contributed by atoms with Gasteiger partial charge in [0, 0.05) is 36.2 Å². The Morgan fingerprint density at radius 1 is 1.17 bits per heavy atom. The molecule has 35 heavy (non-hydrogen) atoms. The molecule has 2 amide bonds. The molecule has 0 bridgehead atoms. The minimum Gasteiger partial charge on any atom is -0.377 e. The van der Waals surface area contributed by atoms with Crippen LogP contribution in [0.15, 0.2) is 40.9 Å². The Kier molecular flexibility index (Phi) is 7.31. The molecule has 0 spiro atoms. The van der Waals surface area contributed by atoms with Crippen molar-refractivity contribution < 1.29 is 22.5 Å². The lowest BCUT2D eigenvalue weighted by molar-refractivity contribution is 0.0985. The van der Waals surface area contributed by atoms with Gasteiger partial charge in [-0.2, -0.15) is 0 Å². The summed E-state index contributed by atoms with van der Waals surface area (Å²) in [5, 5.41) is 9.31. The molecule has 186 valence electrons. The van der Waals surface area contributed by atoms with E-state index < -0.39 is 9.84 Å². The van der Waals surface area contributed by atoms with Crippen molar-refractivity contribution in [2.24, 2.45) is 0 Å². The van der Waals surface area contributed by atoms with E-state index in [-0.39, 0.29) is 24.4 Å². The molecule has 3 aromatic rings. The molecule has 0 saturated carbocycles. The highest BCUT2D eigenvalue weighted by Crippen LogP contribution is 2.25. The molecular weight excluding hydrogens is 472 g/mol. The van der Waals surface area contributed by atoms with Crippen molar-refractivity contribution in [1.82, 2.24) is 20.4 Å². The first kappa shape index (κ1) is 24.6. The van der Waals surface area contributed by atoms with E-state index in [1.165, 1.54) is 6.26 Å². The lowest BCUT2D eigenvalue weighted by Crippen LogP contribution is -2.44. The van der Waals surface area contributed by atoms with Crippen molar-refractivity contribution in [2.75, 3.05) is 36.2 Å². The van der Waals surface area contributed by atoms with Gasteiger partial charge in [0.15, 0.2) is 15.7 Å². The van der Waals surface area contributed by atoms with Gasteiger partial charge < -0.3 is 24.8 Å². The largest absolute Gasteiger partial charge is 0.377 e. The molecule has 1 aromatic carbocycles. The average molecular weight is 501 g/mol. The molecule has 0 unspecified atom stereocenters. The summed E-state index contributed by atoms with van der Waals surface area (Å²) in [5.74, 6) is 1.57. The number of sulfone groups is 1. The van der Waals surface area contributed by atoms with Gasteiger partial charge in [-0.25, -0.2) is 23.2 Å². The second kappa shape index (κ2) is 10.4. The number of carbonyl (C=O) groups excluding carboxylic acids is 1. The Labute approximate surface area is 203 Å². The number of aromatic nitrogens is 3. The van der Waals surface area contributed by atoms with Crippen molar-refractivity contribution in [3.05, 3.63) is 53.5 Å². The van der Waals surface area contributed by atoms with Gasteiger partial charge in [-0.05, 0) is 38.1 Å². The molecular formula is C23H28N6O5S. The highest BCUT2D eigenvalue weighted by Gasteiger charge is 2.22. The van der Waals surface area contributed by atoms with Crippen LogP contribution in [0.3, 0.4) is 0 Å². The molecule has 12 heteroatoms. The monoisotopic (exact) mass is 500 g/mol. The minimum atomic E-state index is -3.28. The van der Waals surface area contributed by atoms with E-state index in [4.69, 9.17) is 14.2 Å².